The molecule has 0 aromatic carbocycles. The smallest absolute Gasteiger partial charge is 0.277 e. The summed E-state index contributed by atoms with van der Waals surface area (Å²) < 4.78 is 0. The van der Waals surface area contributed by atoms with Gasteiger partial charge in [-0.1, -0.05) is 4.99 Å². The molecular weight excluding hydrogens is 76.1 g/mol. The average molecular weight is 83.1 g/mol. The van der Waals surface area contributed by atoms with E-state index in [1.807, 2.05) is 6.21 Å². The quantitative estimate of drug-likeness (QED) is 0.371. The maximum Gasteiger partial charge on any atom is 0.278 e. The lowest BCUT2D eigenvalue weighted by molar-refractivity contribution is -0.451. The van der Waals surface area contributed by atoms with Crippen LogP contribution in [0.1, 0.15) is 6.42 Å². The number of hydrogen-bond donors (Lipinski definition) is 1. The van der Waals surface area contributed by atoms with Gasteiger partial charge in [-0.3, -0.25) is 4.99 Å². The van der Waals surface area contributed by atoms with Crippen LogP contribution in [0.25, 0.3) is 0 Å². The van der Waals surface area contributed by atoms with Gasteiger partial charge in [0.1, 0.15) is 6.21 Å². The van der Waals surface area contributed by atoms with Crippen LogP contribution in [-0.4, -0.2) is 19.1 Å². The van der Waals surface area contributed by atoms with Gasteiger partial charge in [0.15, 0.2) is 0 Å². The van der Waals surface area contributed by atoms with Gasteiger partial charge in [-0.05, 0) is 0 Å². The van der Waals surface area contributed by atoms with Gasteiger partial charge >= 0.3 is 0 Å². The first-order valence-corrected chi connectivity index (χ1v) is 2.07. The molecule has 2 nitrogen and oxygen atoms in total. The van der Waals surface area contributed by atoms with E-state index in [2.05, 4.69) is 9.98 Å². The average Bonchev–Trinajstić information content (AvgIpc) is 1.72. The molecule has 2 heteroatoms. The van der Waals surface area contributed by atoms with Crippen molar-refractivity contribution in [2.75, 3.05) is 6.54 Å². The molecule has 0 bridgehead atoms. The second-order valence-corrected chi connectivity index (χ2v) is 1.20. The lowest BCUT2D eigenvalue weighted by Crippen LogP contribution is -2.69. The summed E-state index contributed by atoms with van der Waals surface area (Å²) in [5.74, 6) is 0. The molecule has 32 valence electrons. The summed E-state index contributed by atoms with van der Waals surface area (Å²) in [4.78, 5) is 6.78. The summed E-state index contributed by atoms with van der Waals surface area (Å²) in [6, 6.07) is 0. The number of aliphatic imine (C=N–C) groups is 1. The Morgan fingerprint density at radius 3 is 2.83 bits per heavy atom. The van der Waals surface area contributed by atoms with Crippen molar-refractivity contribution in [1.29, 1.82) is 0 Å². The van der Waals surface area contributed by atoms with Crippen LogP contribution in [0.5, 0.6) is 0 Å². The lowest BCUT2D eigenvalue weighted by Gasteiger charge is -1.80. The maximum atomic E-state index is 3.82. The van der Waals surface area contributed by atoms with Crippen molar-refractivity contribution in [3.05, 3.63) is 0 Å². The summed E-state index contributed by atoms with van der Waals surface area (Å²) in [6.45, 7) is 1.05. The molecule has 1 N–H and O–H groups in total. The highest BCUT2D eigenvalue weighted by Gasteiger charge is 1.87. The van der Waals surface area contributed by atoms with Crippen LogP contribution in [0.3, 0.4) is 0 Å². The molecule has 0 spiro atoms. The maximum absolute atomic E-state index is 3.82. The van der Waals surface area contributed by atoms with Crippen LogP contribution in [0.4, 0.5) is 0 Å². The SMILES string of the molecule is C1=NC=[NH+]CC1. The zero-order valence-corrected chi connectivity index (χ0v) is 3.52. The predicted molar refractivity (Wildman–Crippen MR) is 25.0 cm³/mol. The first-order chi connectivity index (χ1) is 3.00. The van der Waals surface area contributed by atoms with Crippen molar-refractivity contribution in [2.24, 2.45) is 4.99 Å². The van der Waals surface area contributed by atoms with Gasteiger partial charge in [0, 0.05) is 6.42 Å². The fourth-order valence-corrected chi connectivity index (χ4v) is 0.392. The predicted octanol–water partition coefficient (Wildman–Crippen LogP) is -1.43. The molecule has 0 amide bonds. The van der Waals surface area contributed by atoms with Crippen molar-refractivity contribution in [2.45, 2.75) is 6.42 Å². The second-order valence-electron chi connectivity index (χ2n) is 1.20. The fraction of sp³-hybridized carbons (Fsp3) is 0.500. The standard InChI is InChI=1S/C4H6N2/c1-2-5-4-6-3-1/h2,4H,1,3H2/p+1. The molecule has 0 unspecified atom stereocenters. The molecule has 1 aliphatic heterocycles. The fourth-order valence-electron chi connectivity index (χ4n) is 0.392. The minimum atomic E-state index is 1.05. The Labute approximate surface area is 36.6 Å². The van der Waals surface area contributed by atoms with Gasteiger partial charge in [0.2, 0.25) is 0 Å². The van der Waals surface area contributed by atoms with Crippen LogP contribution in [0.2, 0.25) is 0 Å². The van der Waals surface area contributed by atoms with E-state index in [4.69, 9.17) is 0 Å². The van der Waals surface area contributed by atoms with E-state index in [1.165, 1.54) is 0 Å². The Hall–Kier alpha value is -0.660. The van der Waals surface area contributed by atoms with Gasteiger partial charge in [-0.2, -0.15) is 0 Å². The zero-order chi connectivity index (χ0) is 4.24. The topological polar surface area (TPSA) is 26.3 Å². The molecule has 0 atom stereocenters. The lowest BCUT2D eigenvalue weighted by atomic mass is 10.4. The Morgan fingerprint density at radius 1 is 1.67 bits per heavy atom. The summed E-state index contributed by atoms with van der Waals surface area (Å²) in [6.07, 6.45) is 4.68. The second kappa shape index (κ2) is 1.70. The van der Waals surface area contributed by atoms with Crippen molar-refractivity contribution < 1.29 is 4.99 Å². The van der Waals surface area contributed by atoms with E-state index in [-0.39, 0.29) is 0 Å². The molecule has 0 saturated carbocycles. The number of nitrogens with one attached hydrogen (secondary N) is 1. The van der Waals surface area contributed by atoms with Crippen LogP contribution in [0, 0.1) is 0 Å². The van der Waals surface area contributed by atoms with Crippen LogP contribution in [-0.2, 0) is 0 Å². The van der Waals surface area contributed by atoms with E-state index in [1.54, 1.807) is 6.34 Å². The molecule has 0 aliphatic carbocycles. The van der Waals surface area contributed by atoms with Gasteiger partial charge in [-0.25, -0.2) is 0 Å². The number of hydrogen-bond acceptors (Lipinski definition) is 1. The molecule has 1 aliphatic rings. The zero-order valence-electron chi connectivity index (χ0n) is 3.52. The largest absolute Gasteiger partial charge is 0.278 e. The Balaban J connectivity index is 2.46. The van der Waals surface area contributed by atoms with Gasteiger partial charge < -0.3 is 0 Å². The van der Waals surface area contributed by atoms with E-state index in [9.17, 15) is 0 Å². The van der Waals surface area contributed by atoms with Gasteiger partial charge in [-0.15, -0.1) is 0 Å². The van der Waals surface area contributed by atoms with Crippen LogP contribution < -0.4 is 4.99 Å². The summed E-state index contributed by atoms with van der Waals surface area (Å²) in [5.41, 5.74) is 0. The third-order valence-corrected chi connectivity index (χ3v) is 0.689. The molecule has 1 heterocycles. The minimum Gasteiger partial charge on any atom is -0.277 e. The van der Waals surface area contributed by atoms with Crippen molar-refractivity contribution in [3.8, 4) is 0 Å². The first kappa shape index (κ1) is 3.53. The highest BCUT2D eigenvalue weighted by molar-refractivity contribution is 5.70. The molecule has 0 aromatic rings. The monoisotopic (exact) mass is 83.1 g/mol. The first-order valence-electron chi connectivity index (χ1n) is 2.07. The molecule has 1 rings (SSSR count). The highest BCUT2D eigenvalue weighted by atomic mass is 14.9. The van der Waals surface area contributed by atoms with Crippen molar-refractivity contribution in [1.82, 2.24) is 0 Å². The molecular formula is C4H7N2+. The van der Waals surface area contributed by atoms with E-state index >= 15 is 0 Å². The normalized spacial score (nSPS) is 18.7. The number of rotatable bonds is 0. The minimum absolute atomic E-state index is 1.05. The summed E-state index contributed by atoms with van der Waals surface area (Å²) >= 11 is 0. The molecule has 0 aromatic heterocycles. The molecule has 0 saturated heterocycles. The highest BCUT2D eigenvalue weighted by Crippen LogP contribution is 1.64. The van der Waals surface area contributed by atoms with Crippen molar-refractivity contribution >= 4 is 12.6 Å². The van der Waals surface area contributed by atoms with Gasteiger partial charge in [0.25, 0.3) is 6.34 Å². The molecule has 6 heavy (non-hydrogen) atoms. The molecule has 0 radical (unpaired) electrons. The summed E-state index contributed by atoms with van der Waals surface area (Å²) in [7, 11) is 0. The third kappa shape index (κ3) is 0.641. The Morgan fingerprint density at radius 2 is 2.67 bits per heavy atom. The Bertz CT molecular complexity index is 71.5. The molecule has 0 fully saturated rings. The number of nitrogens with zero attached hydrogens (tertiary/aromatic N) is 1. The summed E-state index contributed by atoms with van der Waals surface area (Å²) in [5, 5.41) is 0. The van der Waals surface area contributed by atoms with Crippen molar-refractivity contribution in [3.63, 3.8) is 0 Å². The van der Waals surface area contributed by atoms with Crippen LogP contribution in [0.15, 0.2) is 4.99 Å². The van der Waals surface area contributed by atoms with E-state index < -0.39 is 0 Å². The Kier molecular flexibility index (Phi) is 0.998. The van der Waals surface area contributed by atoms with E-state index in [0.29, 0.717) is 0 Å². The van der Waals surface area contributed by atoms with Crippen LogP contribution >= 0.6 is 0 Å². The van der Waals surface area contributed by atoms with E-state index in [0.717, 1.165) is 13.0 Å². The third-order valence-electron chi connectivity index (χ3n) is 0.689. The van der Waals surface area contributed by atoms with Gasteiger partial charge in [0.05, 0.1) is 6.54 Å².